The summed E-state index contributed by atoms with van der Waals surface area (Å²) >= 11 is 0. The second-order valence-corrected chi connectivity index (χ2v) is 5.63. The Balaban J connectivity index is 1.67. The van der Waals surface area contributed by atoms with E-state index in [-0.39, 0.29) is 5.91 Å². The lowest BCUT2D eigenvalue weighted by atomic mass is 10.00. The quantitative estimate of drug-likeness (QED) is 0.745. The first-order valence-electron chi connectivity index (χ1n) is 6.75. The first-order chi connectivity index (χ1) is 8.15. The van der Waals surface area contributed by atoms with Crippen LogP contribution in [0.5, 0.6) is 0 Å². The molecule has 0 aromatic rings. The largest absolute Gasteiger partial charge is 0.396 e. The molecule has 1 aliphatic carbocycles. The molecule has 1 amide bonds. The Morgan fingerprint density at radius 3 is 2.53 bits per heavy atom. The molecule has 0 bridgehead atoms. The van der Waals surface area contributed by atoms with E-state index in [1.54, 1.807) is 6.92 Å². The smallest absolute Gasteiger partial charge is 0.219 e. The van der Waals surface area contributed by atoms with E-state index in [0.717, 1.165) is 38.9 Å². The van der Waals surface area contributed by atoms with Crippen LogP contribution in [-0.2, 0) is 4.79 Å². The fraction of sp³-hybridized carbons (Fsp3) is 0.923. The third-order valence-electron chi connectivity index (χ3n) is 4.31. The molecule has 1 aliphatic heterocycles. The summed E-state index contributed by atoms with van der Waals surface area (Å²) in [5, 5.41) is 12.6. The molecule has 2 N–H and O–H groups in total. The zero-order chi connectivity index (χ0) is 12.3. The molecule has 2 rings (SSSR count). The monoisotopic (exact) mass is 240 g/mol. The van der Waals surface area contributed by atoms with E-state index in [4.69, 9.17) is 5.11 Å². The number of nitrogens with zero attached hydrogens (tertiary/aromatic N) is 1. The maximum absolute atomic E-state index is 11.2. The van der Waals surface area contributed by atoms with Crippen LogP contribution in [0, 0.1) is 5.41 Å². The molecule has 98 valence electrons. The Hall–Kier alpha value is -0.610. The van der Waals surface area contributed by atoms with Crippen molar-refractivity contribution in [3.05, 3.63) is 0 Å². The second kappa shape index (κ2) is 5.36. The number of aliphatic hydroxyl groups excluding tert-OH is 1. The lowest BCUT2D eigenvalue weighted by molar-refractivity contribution is -0.129. The van der Waals surface area contributed by atoms with Crippen LogP contribution in [0.4, 0.5) is 0 Å². The zero-order valence-corrected chi connectivity index (χ0v) is 10.7. The van der Waals surface area contributed by atoms with E-state index in [1.165, 1.54) is 12.8 Å². The number of rotatable bonds is 5. The van der Waals surface area contributed by atoms with Crippen molar-refractivity contribution in [1.29, 1.82) is 0 Å². The van der Waals surface area contributed by atoms with E-state index >= 15 is 0 Å². The van der Waals surface area contributed by atoms with Gasteiger partial charge in [0.05, 0.1) is 0 Å². The second-order valence-electron chi connectivity index (χ2n) is 5.63. The molecule has 0 radical (unpaired) electrons. The van der Waals surface area contributed by atoms with Crippen molar-refractivity contribution in [1.82, 2.24) is 10.2 Å². The summed E-state index contributed by atoms with van der Waals surface area (Å²) in [6.45, 7) is 4.77. The highest BCUT2D eigenvalue weighted by atomic mass is 16.3. The molecule has 4 heteroatoms. The maximum Gasteiger partial charge on any atom is 0.219 e. The summed E-state index contributed by atoms with van der Waals surface area (Å²) in [4.78, 5) is 13.1. The minimum Gasteiger partial charge on any atom is -0.396 e. The molecule has 0 atom stereocenters. The maximum atomic E-state index is 11.2. The Labute approximate surface area is 103 Å². The van der Waals surface area contributed by atoms with Crippen LogP contribution in [0.2, 0.25) is 0 Å². The highest BCUT2D eigenvalue weighted by Gasteiger charge is 2.41. The molecule has 2 fully saturated rings. The minimum absolute atomic E-state index is 0.197. The molecule has 0 aromatic heterocycles. The van der Waals surface area contributed by atoms with Crippen LogP contribution in [0.1, 0.15) is 39.0 Å². The average Bonchev–Trinajstić information content (AvgIpc) is 3.08. The van der Waals surface area contributed by atoms with E-state index in [1.807, 2.05) is 4.90 Å². The summed E-state index contributed by atoms with van der Waals surface area (Å²) < 4.78 is 0. The van der Waals surface area contributed by atoms with Crippen LogP contribution in [0.25, 0.3) is 0 Å². The van der Waals surface area contributed by atoms with E-state index < -0.39 is 0 Å². The first kappa shape index (κ1) is 12.8. The van der Waals surface area contributed by atoms with Crippen molar-refractivity contribution in [3.63, 3.8) is 0 Å². The number of nitrogens with one attached hydrogen (secondary N) is 1. The van der Waals surface area contributed by atoms with Crippen molar-refractivity contribution in [2.24, 2.45) is 5.41 Å². The number of piperidine rings is 1. The van der Waals surface area contributed by atoms with Gasteiger partial charge in [0, 0.05) is 39.2 Å². The van der Waals surface area contributed by atoms with Crippen molar-refractivity contribution in [2.45, 2.75) is 45.1 Å². The molecule has 0 spiro atoms. The van der Waals surface area contributed by atoms with E-state index in [9.17, 15) is 4.79 Å². The number of hydrogen-bond acceptors (Lipinski definition) is 3. The van der Waals surface area contributed by atoms with Crippen molar-refractivity contribution in [2.75, 3.05) is 26.2 Å². The van der Waals surface area contributed by atoms with Crippen molar-refractivity contribution in [3.8, 4) is 0 Å². The third-order valence-corrected chi connectivity index (χ3v) is 4.31. The van der Waals surface area contributed by atoms with Crippen LogP contribution in [-0.4, -0.2) is 48.2 Å². The van der Waals surface area contributed by atoms with Gasteiger partial charge in [-0.2, -0.15) is 0 Å². The molecule has 2 aliphatic rings. The topological polar surface area (TPSA) is 52.6 Å². The summed E-state index contributed by atoms with van der Waals surface area (Å²) in [7, 11) is 0. The van der Waals surface area contributed by atoms with Gasteiger partial charge in [0.1, 0.15) is 0 Å². The predicted molar refractivity (Wildman–Crippen MR) is 66.6 cm³/mol. The summed E-state index contributed by atoms with van der Waals surface area (Å²) in [5.74, 6) is 0.197. The average molecular weight is 240 g/mol. The van der Waals surface area contributed by atoms with Gasteiger partial charge in [0.15, 0.2) is 0 Å². The molecule has 4 nitrogen and oxygen atoms in total. The lowest BCUT2D eigenvalue weighted by Crippen LogP contribution is -2.45. The van der Waals surface area contributed by atoms with Crippen LogP contribution in [0.3, 0.4) is 0 Å². The standard InChI is InChI=1S/C13H24N2O2/c1-11(17)15-7-2-12(3-8-15)14-10-13(4-5-13)6-9-16/h12,14,16H,2-10H2,1H3. The number of carbonyl (C=O) groups is 1. The SMILES string of the molecule is CC(=O)N1CCC(NCC2(CCO)CC2)CC1. The summed E-state index contributed by atoms with van der Waals surface area (Å²) in [5.41, 5.74) is 0.395. The van der Waals surface area contributed by atoms with E-state index in [2.05, 4.69) is 5.32 Å². The van der Waals surface area contributed by atoms with Gasteiger partial charge in [-0.1, -0.05) is 0 Å². The number of amides is 1. The Bertz CT molecular complexity index is 269. The van der Waals surface area contributed by atoms with Gasteiger partial charge < -0.3 is 15.3 Å². The molecule has 1 heterocycles. The normalized spacial score (nSPS) is 23.8. The highest BCUT2D eigenvalue weighted by Crippen LogP contribution is 2.48. The summed E-state index contributed by atoms with van der Waals surface area (Å²) in [6, 6.07) is 0.557. The Kier molecular flexibility index (Phi) is 4.05. The molecule has 0 aromatic carbocycles. The molecule has 1 saturated heterocycles. The lowest BCUT2D eigenvalue weighted by Gasteiger charge is -2.32. The van der Waals surface area contributed by atoms with Gasteiger partial charge in [-0.3, -0.25) is 4.79 Å². The first-order valence-corrected chi connectivity index (χ1v) is 6.75. The number of hydrogen-bond donors (Lipinski definition) is 2. The van der Waals surface area contributed by atoms with Gasteiger partial charge in [0.25, 0.3) is 0 Å². The zero-order valence-electron chi connectivity index (χ0n) is 10.7. The number of likely N-dealkylation sites (tertiary alicyclic amines) is 1. The minimum atomic E-state index is 0.197. The number of aliphatic hydroxyl groups is 1. The van der Waals surface area contributed by atoms with Gasteiger partial charge in [-0.05, 0) is 37.5 Å². The fourth-order valence-corrected chi connectivity index (χ4v) is 2.69. The van der Waals surface area contributed by atoms with Gasteiger partial charge in [-0.25, -0.2) is 0 Å². The number of carbonyl (C=O) groups excluding carboxylic acids is 1. The van der Waals surface area contributed by atoms with E-state index in [0.29, 0.717) is 18.1 Å². The highest BCUT2D eigenvalue weighted by molar-refractivity contribution is 5.73. The van der Waals surface area contributed by atoms with Gasteiger partial charge in [0.2, 0.25) is 5.91 Å². The summed E-state index contributed by atoms with van der Waals surface area (Å²) in [6.07, 6.45) is 5.58. The van der Waals surface area contributed by atoms with Gasteiger partial charge in [-0.15, -0.1) is 0 Å². The molecule has 17 heavy (non-hydrogen) atoms. The molecular formula is C13H24N2O2. The molecule has 0 unspecified atom stereocenters. The van der Waals surface area contributed by atoms with Crippen molar-refractivity contribution >= 4 is 5.91 Å². The predicted octanol–water partition coefficient (Wildman–Crippen LogP) is 0.749. The Morgan fingerprint density at radius 2 is 2.06 bits per heavy atom. The molecular weight excluding hydrogens is 216 g/mol. The third kappa shape index (κ3) is 3.42. The van der Waals surface area contributed by atoms with Crippen LogP contribution in [0.15, 0.2) is 0 Å². The Morgan fingerprint density at radius 1 is 1.41 bits per heavy atom. The van der Waals surface area contributed by atoms with Gasteiger partial charge >= 0.3 is 0 Å². The van der Waals surface area contributed by atoms with Crippen LogP contribution >= 0.6 is 0 Å². The fourth-order valence-electron chi connectivity index (χ4n) is 2.69. The van der Waals surface area contributed by atoms with Crippen molar-refractivity contribution < 1.29 is 9.90 Å². The molecule has 1 saturated carbocycles. The van der Waals surface area contributed by atoms with Crippen LogP contribution < -0.4 is 5.32 Å².